The van der Waals surface area contributed by atoms with Crippen molar-refractivity contribution in [3.63, 3.8) is 0 Å². The zero-order valence-electron chi connectivity index (χ0n) is 11.5. The third kappa shape index (κ3) is 1.96. The van der Waals surface area contributed by atoms with Crippen LogP contribution < -0.4 is 5.32 Å². The number of carbonyl (C=O) groups excluding carboxylic acids is 1. The van der Waals surface area contributed by atoms with E-state index in [-0.39, 0.29) is 23.2 Å². The lowest BCUT2D eigenvalue weighted by molar-refractivity contribution is -0.127. The minimum atomic E-state index is -0.00468. The van der Waals surface area contributed by atoms with E-state index in [1.807, 2.05) is 12.1 Å². The first-order valence-electron chi connectivity index (χ1n) is 7.74. The Hall–Kier alpha value is -1.02. The van der Waals surface area contributed by atoms with Gasteiger partial charge in [-0.2, -0.15) is 0 Å². The van der Waals surface area contributed by atoms with E-state index in [0.29, 0.717) is 5.92 Å². The summed E-state index contributed by atoms with van der Waals surface area (Å²) in [6, 6.07) is 8.30. The van der Waals surface area contributed by atoms with Crippen LogP contribution in [0.15, 0.2) is 24.3 Å². The average Bonchev–Trinajstić information content (AvgIpc) is 3.14. The van der Waals surface area contributed by atoms with Crippen LogP contribution in [-0.4, -0.2) is 11.3 Å². The highest BCUT2D eigenvalue weighted by atomic mass is 35.5. The largest absolute Gasteiger partial charge is 0.348 e. The molecule has 3 heteroatoms. The number of rotatable bonds is 2. The Kier molecular flexibility index (Phi) is 3.03. The maximum absolute atomic E-state index is 12.6. The van der Waals surface area contributed by atoms with E-state index in [9.17, 15) is 4.79 Å². The van der Waals surface area contributed by atoms with Crippen LogP contribution in [0.25, 0.3) is 0 Å². The normalized spacial score (nSPS) is 38.0. The highest BCUT2D eigenvalue weighted by molar-refractivity contribution is 6.21. The molecular formula is C17H20ClNO. The molecule has 0 aliphatic heterocycles. The van der Waals surface area contributed by atoms with Gasteiger partial charge in [-0.3, -0.25) is 4.79 Å². The molecule has 0 heterocycles. The Balaban J connectivity index is 1.50. The first kappa shape index (κ1) is 12.7. The molecule has 106 valence electrons. The second kappa shape index (κ2) is 4.77. The first-order valence-corrected chi connectivity index (χ1v) is 8.18. The average molecular weight is 290 g/mol. The minimum absolute atomic E-state index is 0.000469. The quantitative estimate of drug-likeness (QED) is 0.830. The molecule has 1 aromatic carbocycles. The summed E-state index contributed by atoms with van der Waals surface area (Å²) in [4.78, 5) is 12.6. The summed E-state index contributed by atoms with van der Waals surface area (Å²) in [5, 5.41) is 3.24. The Labute approximate surface area is 124 Å². The SMILES string of the molecule is O=C(NC1c2ccccc2CC1Cl)C1CC2CCC1C2. The van der Waals surface area contributed by atoms with Crippen molar-refractivity contribution < 1.29 is 4.79 Å². The summed E-state index contributed by atoms with van der Waals surface area (Å²) in [6.45, 7) is 0. The van der Waals surface area contributed by atoms with Crippen LogP contribution in [0, 0.1) is 17.8 Å². The van der Waals surface area contributed by atoms with Crippen molar-refractivity contribution in [3.8, 4) is 0 Å². The van der Waals surface area contributed by atoms with Crippen LogP contribution in [0.4, 0.5) is 0 Å². The summed E-state index contributed by atoms with van der Waals surface area (Å²) >= 11 is 6.46. The van der Waals surface area contributed by atoms with Gasteiger partial charge >= 0.3 is 0 Å². The Morgan fingerprint density at radius 2 is 2.05 bits per heavy atom. The molecule has 5 unspecified atom stereocenters. The van der Waals surface area contributed by atoms with Gasteiger partial charge in [-0.15, -0.1) is 11.6 Å². The van der Waals surface area contributed by atoms with E-state index in [1.165, 1.54) is 30.4 Å². The number of alkyl halides is 1. The summed E-state index contributed by atoms with van der Waals surface area (Å²) in [7, 11) is 0. The lowest BCUT2D eigenvalue weighted by atomic mass is 9.88. The summed E-state index contributed by atoms with van der Waals surface area (Å²) in [5.41, 5.74) is 2.50. The predicted molar refractivity (Wildman–Crippen MR) is 79.6 cm³/mol. The van der Waals surface area contributed by atoms with Crippen LogP contribution in [0.2, 0.25) is 0 Å². The van der Waals surface area contributed by atoms with Gasteiger partial charge in [0.05, 0.1) is 11.4 Å². The highest BCUT2D eigenvalue weighted by Crippen LogP contribution is 2.48. The second-order valence-electron chi connectivity index (χ2n) is 6.69. The van der Waals surface area contributed by atoms with Crippen molar-refractivity contribution in [2.75, 3.05) is 0 Å². The smallest absolute Gasteiger partial charge is 0.223 e. The van der Waals surface area contributed by atoms with Gasteiger partial charge < -0.3 is 5.32 Å². The molecule has 2 nitrogen and oxygen atoms in total. The van der Waals surface area contributed by atoms with E-state index in [0.717, 1.165) is 18.8 Å². The molecule has 3 aliphatic carbocycles. The fourth-order valence-electron chi connectivity index (χ4n) is 4.54. The fourth-order valence-corrected chi connectivity index (χ4v) is 4.91. The highest BCUT2D eigenvalue weighted by Gasteiger charge is 2.44. The summed E-state index contributed by atoms with van der Waals surface area (Å²) in [5.74, 6) is 1.92. The van der Waals surface area contributed by atoms with Crippen LogP contribution in [0.5, 0.6) is 0 Å². The molecule has 2 saturated carbocycles. The molecular weight excluding hydrogens is 270 g/mol. The van der Waals surface area contributed by atoms with Gasteiger partial charge in [-0.05, 0) is 48.6 Å². The zero-order chi connectivity index (χ0) is 13.7. The minimum Gasteiger partial charge on any atom is -0.348 e. The molecule has 0 saturated heterocycles. The van der Waals surface area contributed by atoms with Crippen molar-refractivity contribution >= 4 is 17.5 Å². The van der Waals surface area contributed by atoms with E-state index in [1.54, 1.807) is 0 Å². The molecule has 1 aromatic rings. The van der Waals surface area contributed by atoms with Crippen LogP contribution in [0.1, 0.15) is 42.9 Å². The van der Waals surface area contributed by atoms with Gasteiger partial charge in [0.1, 0.15) is 0 Å². The molecule has 0 aromatic heterocycles. The molecule has 20 heavy (non-hydrogen) atoms. The maximum Gasteiger partial charge on any atom is 0.223 e. The topological polar surface area (TPSA) is 29.1 Å². The summed E-state index contributed by atoms with van der Waals surface area (Å²) in [6.07, 6.45) is 5.80. The first-order chi connectivity index (χ1) is 9.72. The predicted octanol–water partition coefficient (Wildman–Crippen LogP) is 3.44. The lowest BCUT2D eigenvalue weighted by Gasteiger charge is -2.24. The van der Waals surface area contributed by atoms with E-state index >= 15 is 0 Å². The number of carbonyl (C=O) groups is 1. The van der Waals surface area contributed by atoms with Crippen LogP contribution in [-0.2, 0) is 11.2 Å². The monoisotopic (exact) mass is 289 g/mol. The number of hydrogen-bond donors (Lipinski definition) is 1. The van der Waals surface area contributed by atoms with Crippen molar-refractivity contribution in [2.24, 2.45) is 17.8 Å². The third-order valence-corrected chi connectivity index (χ3v) is 5.95. The maximum atomic E-state index is 12.6. The van der Waals surface area contributed by atoms with Gasteiger partial charge in [0, 0.05) is 5.92 Å². The number of benzene rings is 1. The van der Waals surface area contributed by atoms with Crippen LogP contribution in [0.3, 0.4) is 0 Å². The molecule has 2 bridgehead atoms. The van der Waals surface area contributed by atoms with Gasteiger partial charge in [-0.1, -0.05) is 30.7 Å². The Morgan fingerprint density at radius 3 is 2.80 bits per heavy atom. The van der Waals surface area contributed by atoms with Crippen molar-refractivity contribution in [2.45, 2.75) is 43.5 Å². The molecule has 0 radical (unpaired) electrons. The van der Waals surface area contributed by atoms with Crippen LogP contribution >= 0.6 is 11.6 Å². The number of fused-ring (bicyclic) bond motifs is 3. The number of nitrogens with one attached hydrogen (secondary N) is 1. The number of halogens is 1. The van der Waals surface area contributed by atoms with Gasteiger partial charge in [0.2, 0.25) is 5.91 Å². The molecule has 1 N–H and O–H groups in total. The Bertz CT molecular complexity index is 544. The van der Waals surface area contributed by atoms with Crippen molar-refractivity contribution in [1.82, 2.24) is 5.32 Å². The molecule has 1 amide bonds. The summed E-state index contributed by atoms with van der Waals surface area (Å²) < 4.78 is 0. The van der Waals surface area contributed by atoms with Gasteiger partial charge in [-0.25, -0.2) is 0 Å². The zero-order valence-corrected chi connectivity index (χ0v) is 12.3. The molecule has 2 fully saturated rings. The van der Waals surface area contributed by atoms with E-state index in [2.05, 4.69) is 17.4 Å². The number of amides is 1. The van der Waals surface area contributed by atoms with E-state index < -0.39 is 0 Å². The third-order valence-electron chi connectivity index (χ3n) is 5.54. The fraction of sp³-hybridized carbons (Fsp3) is 0.588. The Morgan fingerprint density at radius 1 is 1.20 bits per heavy atom. The second-order valence-corrected chi connectivity index (χ2v) is 7.25. The molecule has 5 atom stereocenters. The van der Waals surface area contributed by atoms with E-state index in [4.69, 9.17) is 11.6 Å². The van der Waals surface area contributed by atoms with Crippen molar-refractivity contribution in [3.05, 3.63) is 35.4 Å². The molecule has 3 aliphatic rings. The number of hydrogen-bond acceptors (Lipinski definition) is 1. The molecule has 4 rings (SSSR count). The van der Waals surface area contributed by atoms with Gasteiger partial charge in [0.25, 0.3) is 0 Å². The lowest BCUT2D eigenvalue weighted by Crippen LogP contribution is -2.38. The molecule has 0 spiro atoms. The standard InChI is InChI=1S/C17H20ClNO/c18-15-9-11-3-1-2-4-13(11)16(15)19-17(20)14-8-10-5-6-12(14)7-10/h1-4,10,12,14-16H,5-9H2,(H,19,20). The van der Waals surface area contributed by atoms with Gasteiger partial charge in [0.15, 0.2) is 0 Å². The van der Waals surface area contributed by atoms with Crippen molar-refractivity contribution in [1.29, 1.82) is 0 Å².